The highest BCUT2D eigenvalue weighted by atomic mass is 15.4. The minimum Gasteiger partial charge on any atom is -0.357 e. The summed E-state index contributed by atoms with van der Waals surface area (Å²) in [6, 6.07) is 11.0. The van der Waals surface area contributed by atoms with Crippen molar-refractivity contribution in [3.8, 4) is 0 Å². The smallest absolute Gasteiger partial charge is 0.191 e. The molecule has 0 saturated carbocycles. The highest BCUT2D eigenvalue weighted by Gasteiger charge is 2.22. The topological polar surface area (TPSA) is 67.1 Å². The molecule has 3 rings (SSSR count). The van der Waals surface area contributed by atoms with Crippen LogP contribution in [0.1, 0.15) is 44.4 Å². The van der Waals surface area contributed by atoms with Crippen molar-refractivity contribution in [3.05, 3.63) is 47.5 Å². The van der Waals surface area contributed by atoms with Crippen LogP contribution < -0.4 is 10.6 Å². The molecule has 146 valence electrons. The molecule has 1 aliphatic heterocycles. The molecule has 1 aromatic carbocycles. The van der Waals surface area contributed by atoms with Gasteiger partial charge in [0.15, 0.2) is 5.96 Å². The Balaban J connectivity index is 1.61. The fourth-order valence-corrected chi connectivity index (χ4v) is 3.56. The van der Waals surface area contributed by atoms with Crippen LogP contribution in [-0.4, -0.2) is 39.9 Å². The van der Waals surface area contributed by atoms with E-state index in [9.17, 15) is 0 Å². The van der Waals surface area contributed by atoms with Crippen molar-refractivity contribution in [1.29, 1.82) is 0 Å². The second-order valence-electron chi connectivity index (χ2n) is 8.16. The van der Waals surface area contributed by atoms with Crippen molar-refractivity contribution in [2.24, 2.45) is 10.4 Å². The zero-order chi connectivity index (χ0) is 19.3. The van der Waals surface area contributed by atoms with Crippen LogP contribution in [0.15, 0.2) is 35.3 Å². The lowest BCUT2D eigenvalue weighted by atomic mass is 9.86. The number of benzene rings is 1. The lowest BCUT2D eigenvalue weighted by Gasteiger charge is -2.27. The van der Waals surface area contributed by atoms with Gasteiger partial charge in [-0.3, -0.25) is 4.99 Å². The van der Waals surface area contributed by atoms with E-state index in [0.717, 1.165) is 56.5 Å². The van der Waals surface area contributed by atoms with Gasteiger partial charge in [-0.05, 0) is 37.7 Å². The fraction of sp³-hybridized carbons (Fsp3) is 0.571. The van der Waals surface area contributed by atoms with Gasteiger partial charge in [0.05, 0.1) is 6.54 Å². The Morgan fingerprint density at radius 1 is 1.30 bits per heavy atom. The summed E-state index contributed by atoms with van der Waals surface area (Å²) >= 11 is 0. The van der Waals surface area contributed by atoms with Crippen LogP contribution in [0.4, 0.5) is 0 Å². The number of aliphatic imine (C=N–C) groups is 1. The summed E-state index contributed by atoms with van der Waals surface area (Å²) in [5.41, 5.74) is 1.46. The van der Waals surface area contributed by atoms with Crippen LogP contribution in [0.3, 0.4) is 0 Å². The van der Waals surface area contributed by atoms with Crippen molar-refractivity contribution < 1.29 is 0 Å². The molecule has 27 heavy (non-hydrogen) atoms. The van der Waals surface area contributed by atoms with Crippen LogP contribution in [0, 0.1) is 12.3 Å². The number of nitrogens with one attached hydrogen (secondary N) is 2. The molecule has 2 N–H and O–H groups in total. The van der Waals surface area contributed by atoms with Gasteiger partial charge in [0, 0.05) is 25.6 Å². The SMILES string of the molecule is CCNC(=NCC(C)(C)Cc1ccccc1)NC1CCc2nc(C)nn2C1. The van der Waals surface area contributed by atoms with Gasteiger partial charge in [0.2, 0.25) is 0 Å². The molecule has 6 heteroatoms. The molecule has 0 fully saturated rings. The lowest BCUT2D eigenvalue weighted by Crippen LogP contribution is -2.47. The maximum absolute atomic E-state index is 4.89. The number of guanidine groups is 1. The van der Waals surface area contributed by atoms with Gasteiger partial charge in [-0.15, -0.1) is 0 Å². The first-order valence-electron chi connectivity index (χ1n) is 9.94. The van der Waals surface area contributed by atoms with E-state index in [-0.39, 0.29) is 5.41 Å². The second-order valence-corrected chi connectivity index (χ2v) is 8.16. The summed E-state index contributed by atoms with van der Waals surface area (Å²) < 4.78 is 2.03. The molecule has 1 unspecified atom stereocenters. The second kappa shape index (κ2) is 8.55. The predicted octanol–water partition coefficient (Wildman–Crippen LogP) is 2.73. The maximum Gasteiger partial charge on any atom is 0.191 e. The molecule has 0 aliphatic carbocycles. The van der Waals surface area contributed by atoms with E-state index >= 15 is 0 Å². The van der Waals surface area contributed by atoms with Crippen LogP contribution in [0.5, 0.6) is 0 Å². The van der Waals surface area contributed by atoms with Crippen molar-refractivity contribution in [1.82, 2.24) is 25.4 Å². The van der Waals surface area contributed by atoms with E-state index in [1.165, 1.54) is 5.56 Å². The summed E-state index contributed by atoms with van der Waals surface area (Å²) in [6.45, 7) is 11.1. The van der Waals surface area contributed by atoms with E-state index in [1.54, 1.807) is 0 Å². The Hall–Kier alpha value is -2.37. The van der Waals surface area contributed by atoms with Crippen molar-refractivity contribution >= 4 is 5.96 Å². The number of hydrogen-bond donors (Lipinski definition) is 2. The Morgan fingerprint density at radius 3 is 2.81 bits per heavy atom. The number of aryl methyl sites for hydroxylation is 2. The van der Waals surface area contributed by atoms with Gasteiger partial charge in [-0.25, -0.2) is 9.67 Å². The Bertz CT molecular complexity index is 762. The lowest BCUT2D eigenvalue weighted by molar-refractivity contribution is 0.372. The zero-order valence-corrected chi connectivity index (χ0v) is 17.0. The van der Waals surface area contributed by atoms with Crippen LogP contribution in [0.2, 0.25) is 0 Å². The molecule has 0 radical (unpaired) electrons. The summed E-state index contributed by atoms with van der Waals surface area (Å²) in [4.78, 5) is 9.37. The third-order valence-corrected chi connectivity index (χ3v) is 4.84. The van der Waals surface area contributed by atoms with Gasteiger partial charge in [0.25, 0.3) is 0 Å². The third kappa shape index (κ3) is 5.55. The highest BCUT2D eigenvalue weighted by Crippen LogP contribution is 2.22. The summed E-state index contributed by atoms with van der Waals surface area (Å²) in [6.07, 6.45) is 3.02. The molecule has 0 spiro atoms. The highest BCUT2D eigenvalue weighted by molar-refractivity contribution is 5.80. The van der Waals surface area contributed by atoms with Gasteiger partial charge in [-0.2, -0.15) is 5.10 Å². The molecular formula is C21H32N6. The molecule has 0 amide bonds. The van der Waals surface area contributed by atoms with E-state index < -0.39 is 0 Å². The minimum absolute atomic E-state index is 0.104. The summed E-state index contributed by atoms with van der Waals surface area (Å²) in [5.74, 6) is 2.84. The Kier molecular flexibility index (Phi) is 6.14. The quantitative estimate of drug-likeness (QED) is 0.608. The Morgan fingerprint density at radius 2 is 2.07 bits per heavy atom. The van der Waals surface area contributed by atoms with E-state index in [4.69, 9.17) is 4.99 Å². The Labute approximate surface area is 162 Å². The van der Waals surface area contributed by atoms with Crippen molar-refractivity contribution in [2.75, 3.05) is 13.1 Å². The first kappa shape index (κ1) is 19.4. The molecule has 6 nitrogen and oxygen atoms in total. The molecule has 0 saturated heterocycles. The largest absolute Gasteiger partial charge is 0.357 e. The molecule has 1 atom stereocenters. The van der Waals surface area contributed by atoms with Crippen molar-refractivity contribution in [2.45, 2.75) is 59.5 Å². The van der Waals surface area contributed by atoms with Crippen LogP contribution in [-0.2, 0) is 19.4 Å². The average Bonchev–Trinajstić information content (AvgIpc) is 3.00. The summed E-state index contributed by atoms with van der Waals surface area (Å²) in [7, 11) is 0. The molecule has 2 heterocycles. The predicted molar refractivity (Wildman–Crippen MR) is 110 cm³/mol. The standard InChI is InChI=1S/C21H32N6/c1-5-22-20(23-15-21(3,4)13-17-9-7-6-8-10-17)25-18-11-12-19-24-16(2)26-27(19)14-18/h6-10,18H,5,11-15H2,1-4H3,(H2,22,23,25). The molecule has 0 bridgehead atoms. The first-order valence-corrected chi connectivity index (χ1v) is 9.94. The number of rotatable bonds is 6. The normalized spacial score (nSPS) is 17.5. The number of hydrogen-bond acceptors (Lipinski definition) is 3. The molecule has 1 aliphatic rings. The van der Waals surface area contributed by atoms with Crippen LogP contribution in [0.25, 0.3) is 0 Å². The van der Waals surface area contributed by atoms with Gasteiger partial charge in [-0.1, -0.05) is 44.2 Å². The molecule has 1 aromatic heterocycles. The van der Waals surface area contributed by atoms with E-state index in [1.807, 2.05) is 11.6 Å². The van der Waals surface area contributed by atoms with E-state index in [0.29, 0.717) is 6.04 Å². The average molecular weight is 369 g/mol. The van der Waals surface area contributed by atoms with Crippen molar-refractivity contribution in [3.63, 3.8) is 0 Å². The molecule has 2 aromatic rings. The third-order valence-electron chi connectivity index (χ3n) is 4.84. The number of fused-ring (bicyclic) bond motifs is 1. The molecular weight excluding hydrogens is 336 g/mol. The van der Waals surface area contributed by atoms with Crippen LogP contribution >= 0.6 is 0 Å². The maximum atomic E-state index is 4.89. The first-order chi connectivity index (χ1) is 12.9. The minimum atomic E-state index is 0.104. The number of nitrogens with zero attached hydrogens (tertiary/aromatic N) is 4. The fourth-order valence-electron chi connectivity index (χ4n) is 3.56. The van der Waals surface area contributed by atoms with Gasteiger partial charge < -0.3 is 10.6 Å². The van der Waals surface area contributed by atoms with E-state index in [2.05, 4.69) is 71.8 Å². The summed E-state index contributed by atoms with van der Waals surface area (Å²) in [5, 5.41) is 11.5. The number of aromatic nitrogens is 3. The van der Waals surface area contributed by atoms with Gasteiger partial charge >= 0.3 is 0 Å². The monoisotopic (exact) mass is 368 g/mol. The van der Waals surface area contributed by atoms with Gasteiger partial charge in [0.1, 0.15) is 11.6 Å². The zero-order valence-electron chi connectivity index (χ0n) is 17.0.